The van der Waals surface area contributed by atoms with Crippen molar-refractivity contribution in [3.05, 3.63) is 100 Å². The quantitative estimate of drug-likeness (QED) is 0.362. The largest absolute Gasteiger partial charge is 0.294 e. The van der Waals surface area contributed by atoms with Crippen molar-refractivity contribution in [2.75, 3.05) is 4.90 Å². The Morgan fingerprint density at radius 3 is 1.97 bits per heavy atom. The smallest absolute Gasteiger partial charge is 0.266 e. The minimum absolute atomic E-state index is 0.0545. The molecule has 3 aromatic rings. The monoisotopic (exact) mass is 489 g/mol. The summed E-state index contributed by atoms with van der Waals surface area (Å²) in [6, 6.07) is 18.6. The molecule has 0 aromatic heterocycles. The number of benzene rings is 3. The average molecular weight is 490 g/mol. The van der Waals surface area contributed by atoms with Crippen LogP contribution in [0.5, 0.6) is 0 Å². The Labute approximate surface area is 205 Å². The van der Waals surface area contributed by atoms with Crippen LogP contribution in [0.3, 0.4) is 0 Å². The highest BCUT2D eigenvalue weighted by molar-refractivity contribution is 7.91. The first-order valence-corrected chi connectivity index (χ1v) is 13.0. The van der Waals surface area contributed by atoms with E-state index >= 15 is 0 Å². The molecule has 7 heteroatoms. The maximum Gasteiger partial charge on any atom is 0.266 e. The Kier molecular flexibility index (Phi) is 6.23. The van der Waals surface area contributed by atoms with Crippen LogP contribution in [-0.2, 0) is 22.0 Å². The normalized spacial score (nSPS) is 13.8. The first-order valence-electron chi connectivity index (χ1n) is 11.3. The number of anilines is 1. The van der Waals surface area contributed by atoms with Gasteiger partial charge in [0.05, 0.1) is 27.3 Å². The molecular weight excluding hydrogens is 462 g/mol. The molecule has 0 aliphatic carbocycles. The van der Waals surface area contributed by atoms with Crippen molar-refractivity contribution in [1.29, 1.82) is 0 Å². The van der Waals surface area contributed by atoms with E-state index in [-0.39, 0.29) is 29.4 Å². The van der Waals surface area contributed by atoms with Gasteiger partial charge < -0.3 is 0 Å². The minimum Gasteiger partial charge on any atom is -0.294 e. The van der Waals surface area contributed by atoms with Crippen LogP contribution in [0.15, 0.2) is 66.7 Å². The second kappa shape index (κ2) is 8.89. The van der Waals surface area contributed by atoms with Crippen LogP contribution in [0.1, 0.15) is 68.5 Å². The topological polar surface area (TPSA) is 88.6 Å². The predicted octanol–water partition coefficient (Wildman–Crippen LogP) is 4.93. The van der Waals surface area contributed by atoms with Crippen molar-refractivity contribution in [1.82, 2.24) is 0 Å². The standard InChI is InChI=1S/C28H27NO5S/c1-18-5-12-22(13-6-18)29-26(31)23-14-9-20(15-24(23)27(29)32)16-25(30)21-10-7-19(8-11-21)17-35(33,34)28(2,3)4/h5-15H,16-17H2,1-4H3. The molecular formula is C28H27NO5S. The maximum atomic E-state index is 13.0. The van der Waals surface area contributed by atoms with Crippen molar-refractivity contribution >= 4 is 33.1 Å². The number of sulfone groups is 1. The van der Waals surface area contributed by atoms with Gasteiger partial charge in [0.1, 0.15) is 0 Å². The van der Waals surface area contributed by atoms with Crippen LogP contribution in [0, 0.1) is 6.92 Å². The van der Waals surface area contributed by atoms with Crippen molar-refractivity contribution in [2.45, 2.75) is 44.6 Å². The molecule has 1 aliphatic rings. The van der Waals surface area contributed by atoms with Gasteiger partial charge in [-0.15, -0.1) is 0 Å². The number of aryl methyl sites for hydroxylation is 1. The number of carbonyl (C=O) groups excluding carboxylic acids is 3. The third-order valence-electron chi connectivity index (χ3n) is 6.17. The molecule has 6 nitrogen and oxygen atoms in total. The van der Waals surface area contributed by atoms with E-state index in [0.717, 1.165) is 10.5 Å². The summed E-state index contributed by atoms with van der Waals surface area (Å²) in [6.45, 7) is 6.91. The molecule has 1 aliphatic heterocycles. The Morgan fingerprint density at radius 2 is 1.37 bits per heavy atom. The summed E-state index contributed by atoms with van der Waals surface area (Å²) in [5, 5.41) is 0. The van der Waals surface area contributed by atoms with Crippen molar-refractivity contribution < 1.29 is 22.8 Å². The molecule has 4 rings (SSSR count). The summed E-state index contributed by atoms with van der Waals surface area (Å²) in [6.07, 6.45) is 0.0545. The van der Waals surface area contributed by atoms with Crippen molar-refractivity contribution in [2.24, 2.45) is 0 Å². The Hall–Kier alpha value is -3.58. The molecule has 0 saturated carbocycles. The number of rotatable bonds is 6. The van der Waals surface area contributed by atoms with Crippen LogP contribution in [0.2, 0.25) is 0 Å². The molecule has 0 saturated heterocycles. The molecule has 3 aromatic carbocycles. The second-order valence-electron chi connectivity index (χ2n) is 9.83. The molecule has 0 unspecified atom stereocenters. The third kappa shape index (κ3) is 4.82. The third-order valence-corrected chi connectivity index (χ3v) is 8.75. The molecule has 180 valence electrons. The lowest BCUT2D eigenvalue weighted by Crippen LogP contribution is -2.29. The highest BCUT2D eigenvalue weighted by atomic mass is 32.2. The zero-order chi connectivity index (χ0) is 25.5. The van der Waals surface area contributed by atoms with Gasteiger partial charge >= 0.3 is 0 Å². The summed E-state index contributed by atoms with van der Waals surface area (Å²) < 4.78 is 24.0. The van der Waals surface area contributed by atoms with Gasteiger partial charge in [-0.25, -0.2) is 13.3 Å². The molecule has 0 radical (unpaired) electrons. The van der Waals surface area contributed by atoms with Gasteiger partial charge in [0, 0.05) is 12.0 Å². The highest BCUT2D eigenvalue weighted by Crippen LogP contribution is 2.29. The van der Waals surface area contributed by atoms with Crippen LogP contribution in [0.25, 0.3) is 0 Å². The maximum absolute atomic E-state index is 13.0. The van der Waals surface area contributed by atoms with E-state index < -0.39 is 20.5 Å². The summed E-state index contributed by atoms with van der Waals surface area (Å²) in [4.78, 5) is 39.8. The fourth-order valence-electron chi connectivity index (χ4n) is 3.84. The van der Waals surface area contributed by atoms with E-state index in [9.17, 15) is 22.8 Å². The predicted molar refractivity (Wildman–Crippen MR) is 136 cm³/mol. The Balaban J connectivity index is 1.50. The Morgan fingerprint density at radius 1 is 0.800 bits per heavy atom. The van der Waals surface area contributed by atoms with Gasteiger partial charge in [-0.1, -0.05) is 48.0 Å². The molecule has 0 fully saturated rings. The SMILES string of the molecule is Cc1ccc(N2C(=O)c3ccc(CC(=O)c4ccc(CS(=O)(=O)C(C)(C)C)cc4)cc3C2=O)cc1. The molecule has 0 spiro atoms. The zero-order valence-corrected chi connectivity index (χ0v) is 21.0. The van der Waals surface area contributed by atoms with E-state index in [1.807, 2.05) is 19.1 Å². The second-order valence-corrected chi connectivity index (χ2v) is 12.6. The molecule has 1 heterocycles. The lowest BCUT2D eigenvalue weighted by Gasteiger charge is -2.19. The number of hydrogen-bond donors (Lipinski definition) is 0. The lowest BCUT2D eigenvalue weighted by molar-refractivity contribution is 0.0923. The van der Waals surface area contributed by atoms with E-state index in [0.29, 0.717) is 27.9 Å². The molecule has 0 atom stereocenters. The van der Waals surface area contributed by atoms with Gasteiger partial charge in [0.25, 0.3) is 11.8 Å². The summed E-state index contributed by atoms with van der Waals surface area (Å²) in [7, 11) is -3.32. The Bertz CT molecular complexity index is 1430. The van der Waals surface area contributed by atoms with Crippen LogP contribution in [0.4, 0.5) is 5.69 Å². The van der Waals surface area contributed by atoms with E-state index in [1.165, 1.54) is 0 Å². The van der Waals surface area contributed by atoms with Gasteiger partial charge in [-0.05, 0) is 63.1 Å². The number of amides is 2. The van der Waals surface area contributed by atoms with Gasteiger partial charge in [0.15, 0.2) is 15.6 Å². The van der Waals surface area contributed by atoms with Crippen molar-refractivity contribution in [3.8, 4) is 0 Å². The number of carbonyl (C=O) groups is 3. The minimum atomic E-state index is -3.32. The number of imide groups is 1. The first kappa shape index (κ1) is 24.5. The highest BCUT2D eigenvalue weighted by Gasteiger charge is 2.36. The van der Waals surface area contributed by atoms with Crippen LogP contribution in [-0.4, -0.2) is 30.8 Å². The molecule has 2 amide bonds. The zero-order valence-electron chi connectivity index (χ0n) is 20.2. The summed E-state index contributed by atoms with van der Waals surface area (Å²) in [5.41, 5.74) is 3.82. The van der Waals surface area contributed by atoms with Crippen molar-refractivity contribution in [3.63, 3.8) is 0 Å². The summed E-state index contributed by atoms with van der Waals surface area (Å²) >= 11 is 0. The average Bonchev–Trinajstić information content (AvgIpc) is 3.03. The number of fused-ring (bicyclic) bond motifs is 1. The van der Waals surface area contributed by atoms with E-state index in [1.54, 1.807) is 75.4 Å². The fraction of sp³-hybridized carbons (Fsp3) is 0.250. The lowest BCUT2D eigenvalue weighted by atomic mass is 9.99. The van der Waals surface area contributed by atoms with E-state index in [4.69, 9.17) is 0 Å². The number of Topliss-reactive ketones (excluding diaryl/α,β-unsaturated/α-hetero) is 1. The van der Waals surface area contributed by atoms with Gasteiger partial charge in [0.2, 0.25) is 0 Å². The van der Waals surface area contributed by atoms with Gasteiger partial charge in [-0.2, -0.15) is 0 Å². The molecule has 0 N–H and O–H groups in total. The first-order chi connectivity index (χ1) is 16.4. The van der Waals surface area contributed by atoms with E-state index in [2.05, 4.69) is 0 Å². The molecule has 0 bridgehead atoms. The number of hydrogen-bond acceptors (Lipinski definition) is 5. The van der Waals surface area contributed by atoms with Crippen LogP contribution < -0.4 is 4.90 Å². The van der Waals surface area contributed by atoms with Gasteiger partial charge in [-0.3, -0.25) is 14.4 Å². The summed E-state index contributed by atoms with van der Waals surface area (Å²) in [5.74, 6) is -1.05. The number of nitrogens with zero attached hydrogens (tertiary/aromatic N) is 1. The van der Waals surface area contributed by atoms with Crippen LogP contribution >= 0.6 is 0 Å². The number of ketones is 1. The molecule has 35 heavy (non-hydrogen) atoms. The fourth-order valence-corrected chi connectivity index (χ4v) is 4.90.